The Morgan fingerprint density at radius 3 is 2.09 bits per heavy atom. The largest absolute Gasteiger partial charge is 0.495 e. The number of carbonyl (C=O) groups is 2. The number of ether oxygens (including phenoxy) is 1. The van der Waals surface area contributed by atoms with Crippen molar-refractivity contribution in [1.82, 2.24) is 10.2 Å². The van der Waals surface area contributed by atoms with Crippen LogP contribution in [0.1, 0.15) is 12.5 Å². The number of rotatable bonds is 10. The predicted molar refractivity (Wildman–Crippen MR) is 134 cm³/mol. The molecule has 0 radical (unpaired) electrons. The summed E-state index contributed by atoms with van der Waals surface area (Å²) in [4.78, 5) is 27.5. The molecule has 9 heteroatoms. The van der Waals surface area contributed by atoms with E-state index in [1.807, 2.05) is 30.3 Å². The minimum atomic E-state index is -4.13. The van der Waals surface area contributed by atoms with Crippen LogP contribution in [0.15, 0.2) is 89.8 Å². The van der Waals surface area contributed by atoms with Gasteiger partial charge in [0.1, 0.15) is 18.3 Å². The van der Waals surface area contributed by atoms with Crippen LogP contribution in [0.4, 0.5) is 5.69 Å². The van der Waals surface area contributed by atoms with Crippen LogP contribution in [0, 0.1) is 0 Å². The van der Waals surface area contributed by atoms with E-state index in [0.717, 1.165) is 9.87 Å². The molecule has 0 aliphatic carbocycles. The summed E-state index contributed by atoms with van der Waals surface area (Å²) in [5, 5.41) is 2.56. The van der Waals surface area contributed by atoms with E-state index < -0.39 is 28.5 Å². The highest BCUT2D eigenvalue weighted by Crippen LogP contribution is 2.32. The Balaban J connectivity index is 2.05. The summed E-state index contributed by atoms with van der Waals surface area (Å²) in [5.41, 5.74) is 1.03. The number of hydrogen-bond donors (Lipinski definition) is 1. The molecule has 0 fully saturated rings. The van der Waals surface area contributed by atoms with Gasteiger partial charge in [0.25, 0.3) is 10.0 Å². The van der Waals surface area contributed by atoms with E-state index in [1.54, 1.807) is 49.4 Å². The second-order valence-corrected chi connectivity index (χ2v) is 9.66. The fourth-order valence-electron chi connectivity index (χ4n) is 3.64. The number of sulfonamides is 1. The molecule has 0 aliphatic rings. The van der Waals surface area contributed by atoms with Crippen LogP contribution in [0.25, 0.3) is 0 Å². The third kappa shape index (κ3) is 5.99. The van der Waals surface area contributed by atoms with Crippen LogP contribution in [0.2, 0.25) is 0 Å². The number of amides is 2. The monoisotopic (exact) mass is 495 g/mol. The maximum absolute atomic E-state index is 13.7. The van der Waals surface area contributed by atoms with Gasteiger partial charge in [-0.3, -0.25) is 13.9 Å². The predicted octanol–water partition coefficient (Wildman–Crippen LogP) is 3.05. The first kappa shape index (κ1) is 25.8. The molecule has 184 valence electrons. The molecule has 8 nitrogen and oxygen atoms in total. The summed E-state index contributed by atoms with van der Waals surface area (Å²) >= 11 is 0. The number of likely N-dealkylation sites (N-methyl/N-ethyl adjacent to an activating group) is 1. The fraction of sp³-hybridized carbons (Fsp3) is 0.231. The van der Waals surface area contributed by atoms with E-state index in [9.17, 15) is 18.0 Å². The lowest BCUT2D eigenvalue weighted by molar-refractivity contribution is -0.139. The number of nitrogens with one attached hydrogen (secondary N) is 1. The zero-order valence-electron chi connectivity index (χ0n) is 19.9. The first-order valence-corrected chi connectivity index (χ1v) is 12.5. The minimum Gasteiger partial charge on any atom is -0.495 e. The Morgan fingerprint density at radius 2 is 1.49 bits per heavy atom. The Hall–Kier alpha value is -3.85. The summed E-state index contributed by atoms with van der Waals surface area (Å²) < 4.78 is 33.8. The van der Waals surface area contributed by atoms with E-state index in [0.29, 0.717) is 5.75 Å². The average Bonchev–Trinajstić information content (AvgIpc) is 2.90. The third-order valence-corrected chi connectivity index (χ3v) is 7.35. The Kier molecular flexibility index (Phi) is 8.48. The van der Waals surface area contributed by atoms with Crippen LogP contribution in [-0.4, -0.2) is 51.9 Å². The summed E-state index contributed by atoms with van der Waals surface area (Å²) in [6.07, 6.45) is 0. The lowest BCUT2D eigenvalue weighted by Crippen LogP contribution is -2.50. The van der Waals surface area contributed by atoms with Crippen LogP contribution in [-0.2, 0) is 26.2 Å². The van der Waals surface area contributed by atoms with Gasteiger partial charge in [-0.2, -0.15) is 0 Å². The molecule has 2 amide bonds. The molecule has 0 aliphatic heterocycles. The first-order chi connectivity index (χ1) is 16.8. The molecule has 0 saturated heterocycles. The zero-order chi connectivity index (χ0) is 25.4. The summed E-state index contributed by atoms with van der Waals surface area (Å²) in [6, 6.07) is 22.9. The van der Waals surface area contributed by atoms with Crippen molar-refractivity contribution in [2.75, 3.05) is 25.0 Å². The number of anilines is 1. The van der Waals surface area contributed by atoms with Gasteiger partial charge in [0, 0.05) is 13.6 Å². The molecular formula is C26H29N3O5S. The lowest BCUT2D eigenvalue weighted by Gasteiger charge is -2.32. The van der Waals surface area contributed by atoms with E-state index in [2.05, 4.69) is 5.32 Å². The number of para-hydroxylation sites is 2. The van der Waals surface area contributed by atoms with Crippen molar-refractivity contribution in [3.63, 3.8) is 0 Å². The molecule has 0 saturated carbocycles. The summed E-state index contributed by atoms with van der Waals surface area (Å²) in [7, 11) is -1.21. The van der Waals surface area contributed by atoms with Gasteiger partial charge in [-0.1, -0.05) is 60.7 Å². The van der Waals surface area contributed by atoms with Crippen molar-refractivity contribution in [2.45, 2.75) is 24.4 Å². The molecule has 0 aromatic heterocycles. The van der Waals surface area contributed by atoms with Crippen molar-refractivity contribution in [3.05, 3.63) is 90.5 Å². The topological polar surface area (TPSA) is 96.0 Å². The normalized spacial score (nSPS) is 11.9. The molecule has 0 spiro atoms. The van der Waals surface area contributed by atoms with Crippen molar-refractivity contribution in [3.8, 4) is 5.75 Å². The summed E-state index contributed by atoms with van der Waals surface area (Å²) in [5.74, 6) is -0.590. The van der Waals surface area contributed by atoms with Crippen molar-refractivity contribution < 1.29 is 22.7 Å². The molecule has 0 bridgehead atoms. The van der Waals surface area contributed by atoms with E-state index >= 15 is 0 Å². The SMILES string of the molecule is CNC(=O)[C@@H](C)N(Cc1ccccc1)C(=O)CN(c1ccccc1OC)S(=O)(=O)c1ccccc1. The number of benzene rings is 3. The van der Waals surface area contributed by atoms with Gasteiger partial charge >= 0.3 is 0 Å². The number of hydrogen-bond acceptors (Lipinski definition) is 5. The van der Waals surface area contributed by atoms with Crippen LogP contribution in [0.5, 0.6) is 5.75 Å². The molecule has 1 atom stereocenters. The van der Waals surface area contributed by atoms with Crippen LogP contribution < -0.4 is 14.4 Å². The number of methoxy groups -OCH3 is 1. The Bertz CT molecular complexity index is 1250. The molecule has 0 heterocycles. The van der Waals surface area contributed by atoms with Crippen molar-refractivity contribution in [1.29, 1.82) is 0 Å². The summed E-state index contributed by atoms with van der Waals surface area (Å²) in [6.45, 7) is 1.23. The Labute approximate surface area is 206 Å². The van der Waals surface area contributed by atoms with Crippen LogP contribution in [0.3, 0.4) is 0 Å². The fourth-order valence-corrected chi connectivity index (χ4v) is 5.09. The molecule has 35 heavy (non-hydrogen) atoms. The van der Waals surface area contributed by atoms with Gasteiger partial charge in [-0.15, -0.1) is 0 Å². The molecule has 3 rings (SSSR count). The first-order valence-electron chi connectivity index (χ1n) is 11.1. The average molecular weight is 496 g/mol. The second kappa shape index (κ2) is 11.5. The molecule has 3 aromatic carbocycles. The third-order valence-electron chi connectivity index (χ3n) is 5.57. The molecular weight excluding hydrogens is 466 g/mol. The maximum atomic E-state index is 13.7. The highest BCUT2D eigenvalue weighted by Gasteiger charge is 2.33. The lowest BCUT2D eigenvalue weighted by atomic mass is 10.1. The molecule has 1 N–H and O–H groups in total. The molecule has 3 aromatic rings. The van der Waals surface area contributed by atoms with E-state index in [1.165, 1.54) is 31.2 Å². The van der Waals surface area contributed by atoms with Gasteiger partial charge in [-0.05, 0) is 36.8 Å². The van der Waals surface area contributed by atoms with Gasteiger partial charge in [-0.25, -0.2) is 8.42 Å². The quantitative estimate of drug-likeness (QED) is 0.466. The minimum absolute atomic E-state index is 0.0349. The number of nitrogens with zero attached hydrogens (tertiary/aromatic N) is 2. The number of carbonyl (C=O) groups excluding carboxylic acids is 2. The smallest absolute Gasteiger partial charge is 0.264 e. The van der Waals surface area contributed by atoms with Gasteiger partial charge in [0.15, 0.2) is 0 Å². The highest BCUT2D eigenvalue weighted by molar-refractivity contribution is 7.92. The Morgan fingerprint density at radius 1 is 0.914 bits per heavy atom. The zero-order valence-corrected chi connectivity index (χ0v) is 20.7. The maximum Gasteiger partial charge on any atom is 0.264 e. The van der Waals surface area contributed by atoms with E-state index in [-0.39, 0.29) is 23.0 Å². The molecule has 0 unspecified atom stereocenters. The van der Waals surface area contributed by atoms with E-state index in [4.69, 9.17) is 4.74 Å². The van der Waals surface area contributed by atoms with Gasteiger partial charge in [0.2, 0.25) is 11.8 Å². The highest BCUT2D eigenvalue weighted by atomic mass is 32.2. The van der Waals surface area contributed by atoms with Crippen LogP contribution >= 0.6 is 0 Å². The van der Waals surface area contributed by atoms with Crippen molar-refractivity contribution in [2.24, 2.45) is 0 Å². The van der Waals surface area contributed by atoms with Crippen molar-refractivity contribution >= 4 is 27.5 Å². The standard InChI is InChI=1S/C26H29N3O5S/c1-20(26(31)27-2)28(18-21-12-6-4-7-13-21)25(30)19-29(23-16-10-11-17-24(23)34-3)35(32,33)22-14-8-5-9-15-22/h4-17,20H,18-19H2,1-3H3,(H,27,31)/t20-/m1/s1. The van der Waals surface area contributed by atoms with Gasteiger partial charge in [0.05, 0.1) is 17.7 Å². The van der Waals surface area contributed by atoms with Gasteiger partial charge < -0.3 is 15.0 Å². The second-order valence-electron chi connectivity index (χ2n) is 7.79.